The van der Waals surface area contributed by atoms with Gasteiger partial charge in [0.15, 0.2) is 5.11 Å². The van der Waals surface area contributed by atoms with Crippen molar-refractivity contribution in [2.45, 2.75) is 0 Å². The van der Waals surface area contributed by atoms with Crippen molar-refractivity contribution in [3.63, 3.8) is 0 Å². The predicted molar refractivity (Wildman–Crippen MR) is 96.3 cm³/mol. The monoisotopic (exact) mass is 411 g/mol. The summed E-state index contributed by atoms with van der Waals surface area (Å²) in [6.45, 7) is 0. The van der Waals surface area contributed by atoms with Gasteiger partial charge in [-0.25, -0.2) is 0 Å². The Kier molecular flexibility index (Phi) is 6.09. The largest absolute Gasteiger partial charge is 0.298 e. The van der Waals surface area contributed by atoms with Crippen LogP contribution in [0.15, 0.2) is 53.0 Å². The molecule has 0 radical (unpaired) electrons. The lowest BCUT2D eigenvalue weighted by Crippen LogP contribution is -2.48. The summed E-state index contributed by atoms with van der Waals surface area (Å²) >= 11 is 14.1. The summed E-state index contributed by atoms with van der Waals surface area (Å²) in [7, 11) is 0. The number of carbonyl (C=O) groups excluding carboxylic acids is 2. The lowest BCUT2D eigenvalue weighted by atomic mass is 10.2. The molecule has 0 unspecified atom stereocenters. The molecule has 0 aliphatic rings. The normalized spacial score (nSPS) is 9.83. The molecule has 0 aliphatic carbocycles. The van der Waals surface area contributed by atoms with E-state index in [9.17, 15) is 9.59 Å². The Labute approximate surface area is 151 Å². The molecule has 23 heavy (non-hydrogen) atoms. The first-order valence-corrected chi connectivity index (χ1v) is 7.97. The maximum Gasteiger partial charge on any atom is 0.269 e. The van der Waals surface area contributed by atoms with E-state index in [-0.39, 0.29) is 5.11 Å². The first-order chi connectivity index (χ1) is 11.0. The third-order valence-electron chi connectivity index (χ3n) is 2.72. The standard InChI is InChI=1S/C15H11BrClN3O2S/c16-12-7-2-1-6-11(12)14(22)18-15(23)20-19-13(21)9-4-3-5-10(17)8-9/h1-8H,(H,19,21)(H2,18,20,22,23). The van der Waals surface area contributed by atoms with E-state index in [1.807, 2.05) is 0 Å². The summed E-state index contributed by atoms with van der Waals surface area (Å²) in [4.78, 5) is 23.9. The number of nitrogens with one attached hydrogen (secondary N) is 3. The fourth-order valence-electron chi connectivity index (χ4n) is 1.66. The smallest absolute Gasteiger partial charge is 0.269 e. The van der Waals surface area contributed by atoms with Crippen molar-refractivity contribution in [1.82, 2.24) is 16.2 Å². The summed E-state index contributed by atoms with van der Waals surface area (Å²) in [5.41, 5.74) is 5.64. The Hall–Kier alpha value is -1.96. The first-order valence-electron chi connectivity index (χ1n) is 6.39. The van der Waals surface area contributed by atoms with Gasteiger partial charge in [0.05, 0.1) is 5.56 Å². The van der Waals surface area contributed by atoms with Gasteiger partial charge >= 0.3 is 0 Å². The van der Waals surface area contributed by atoms with Crippen molar-refractivity contribution in [2.24, 2.45) is 0 Å². The number of benzene rings is 2. The van der Waals surface area contributed by atoms with Crippen LogP contribution < -0.4 is 16.2 Å². The van der Waals surface area contributed by atoms with Crippen molar-refractivity contribution >= 4 is 56.7 Å². The van der Waals surface area contributed by atoms with Crippen molar-refractivity contribution < 1.29 is 9.59 Å². The molecule has 3 N–H and O–H groups in total. The van der Waals surface area contributed by atoms with E-state index in [0.717, 1.165) is 0 Å². The second kappa shape index (κ2) is 8.05. The van der Waals surface area contributed by atoms with E-state index in [0.29, 0.717) is 20.6 Å². The van der Waals surface area contributed by atoms with Crippen LogP contribution in [0, 0.1) is 0 Å². The number of hydrazine groups is 1. The highest BCUT2D eigenvalue weighted by molar-refractivity contribution is 9.10. The molecule has 0 spiro atoms. The maximum absolute atomic E-state index is 12.0. The third kappa shape index (κ3) is 5.02. The van der Waals surface area contributed by atoms with E-state index in [1.54, 1.807) is 42.5 Å². The van der Waals surface area contributed by atoms with Gasteiger partial charge in [-0.1, -0.05) is 29.8 Å². The Balaban J connectivity index is 1.89. The minimum atomic E-state index is -0.426. The van der Waals surface area contributed by atoms with Crippen molar-refractivity contribution in [3.8, 4) is 0 Å². The van der Waals surface area contributed by atoms with Crippen LogP contribution >= 0.6 is 39.7 Å². The first kappa shape index (κ1) is 17.4. The number of carbonyl (C=O) groups is 2. The number of rotatable bonds is 2. The third-order valence-corrected chi connectivity index (χ3v) is 3.85. The van der Waals surface area contributed by atoms with Gasteiger partial charge in [-0.15, -0.1) is 0 Å². The fourth-order valence-corrected chi connectivity index (χ4v) is 2.46. The molecule has 8 heteroatoms. The molecule has 0 bridgehead atoms. The number of hydrogen-bond donors (Lipinski definition) is 3. The predicted octanol–water partition coefficient (Wildman–Crippen LogP) is 3.05. The second-order valence-electron chi connectivity index (χ2n) is 4.35. The molecular weight excluding hydrogens is 402 g/mol. The molecule has 0 heterocycles. The SMILES string of the molecule is O=C(NNC(=S)NC(=O)c1ccccc1Br)c1cccc(Cl)c1. The molecule has 0 fully saturated rings. The Morgan fingerprint density at radius 2 is 1.74 bits per heavy atom. The summed E-state index contributed by atoms with van der Waals surface area (Å²) in [5, 5.41) is 2.89. The molecule has 0 saturated heterocycles. The molecule has 2 aromatic rings. The van der Waals surface area contributed by atoms with Crippen LogP contribution in [0.3, 0.4) is 0 Å². The van der Waals surface area contributed by atoms with Crippen LogP contribution in [0.4, 0.5) is 0 Å². The van der Waals surface area contributed by atoms with Crippen LogP contribution in [-0.2, 0) is 0 Å². The van der Waals surface area contributed by atoms with Gasteiger partial charge in [0, 0.05) is 15.1 Å². The van der Waals surface area contributed by atoms with Crippen LogP contribution in [-0.4, -0.2) is 16.9 Å². The molecule has 118 valence electrons. The Bertz CT molecular complexity index is 770. The zero-order valence-electron chi connectivity index (χ0n) is 11.6. The molecule has 2 rings (SSSR count). The summed E-state index contributed by atoms with van der Waals surface area (Å²) in [6.07, 6.45) is 0. The van der Waals surface area contributed by atoms with Crippen LogP contribution in [0.5, 0.6) is 0 Å². The number of thiocarbonyl (C=S) groups is 1. The van der Waals surface area contributed by atoms with E-state index < -0.39 is 11.8 Å². The zero-order chi connectivity index (χ0) is 16.8. The highest BCUT2D eigenvalue weighted by Gasteiger charge is 2.11. The van der Waals surface area contributed by atoms with Crippen LogP contribution in [0.25, 0.3) is 0 Å². The fraction of sp³-hybridized carbons (Fsp3) is 0. The highest BCUT2D eigenvalue weighted by Crippen LogP contribution is 2.15. The van der Waals surface area contributed by atoms with E-state index in [1.165, 1.54) is 6.07 Å². The minimum absolute atomic E-state index is 0.0267. The van der Waals surface area contributed by atoms with Gasteiger partial charge < -0.3 is 0 Å². The van der Waals surface area contributed by atoms with Gasteiger partial charge in [0.2, 0.25) is 0 Å². The highest BCUT2D eigenvalue weighted by atomic mass is 79.9. The zero-order valence-corrected chi connectivity index (χ0v) is 14.8. The lowest BCUT2D eigenvalue weighted by Gasteiger charge is -2.11. The van der Waals surface area contributed by atoms with Crippen molar-refractivity contribution in [3.05, 3.63) is 69.2 Å². The summed E-state index contributed by atoms with van der Waals surface area (Å²) in [6, 6.07) is 13.4. The second-order valence-corrected chi connectivity index (χ2v) is 6.05. The Morgan fingerprint density at radius 1 is 1.00 bits per heavy atom. The molecule has 2 amide bonds. The van der Waals surface area contributed by atoms with Gasteiger partial charge in [-0.3, -0.25) is 25.8 Å². The van der Waals surface area contributed by atoms with E-state index >= 15 is 0 Å². The number of halogens is 2. The topological polar surface area (TPSA) is 70.2 Å². The summed E-state index contributed by atoms with van der Waals surface area (Å²) in [5.74, 6) is -0.822. The van der Waals surface area contributed by atoms with Gasteiger partial charge in [0.1, 0.15) is 0 Å². The van der Waals surface area contributed by atoms with Gasteiger partial charge in [0.25, 0.3) is 11.8 Å². The molecule has 0 aromatic heterocycles. The van der Waals surface area contributed by atoms with E-state index in [4.69, 9.17) is 23.8 Å². The molecule has 0 saturated carbocycles. The molecule has 0 aliphatic heterocycles. The maximum atomic E-state index is 12.0. The minimum Gasteiger partial charge on any atom is -0.298 e. The quantitative estimate of drug-likeness (QED) is 0.524. The van der Waals surface area contributed by atoms with Crippen molar-refractivity contribution in [2.75, 3.05) is 0 Å². The molecule has 0 atom stereocenters. The van der Waals surface area contributed by atoms with Gasteiger partial charge in [-0.2, -0.15) is 0 Å². The van der Waals surface area contributed by atoms with Crippen molar-refractivity contribution in [1.29, 1.82) is 0 Å². The summed E-state index contributed by atoms with van der Waals surface area (Å²) < 4.78 is 0.642. The Morgan fingerprint density at radius 3 is 2.43 bits per heavy atom. The molecular formula is C15H11BrClN3O2S. The van der Waals surface area contributed by atoms with Crippen LogP contribution in [0.2, 0.25) is 5.02 Å². The average molecular weight is 413 g/mol. The number of hydrogen-bond acceptors (Lipinski definition) is 3. The average Bonchev–Trinajstić information content (AvgIpc) is 2.53. The van der Waals surface area contributed by atoms with Gasteiger partial charge in [-0.05, 0) is 58.5 Å². The van der Waals surface area contributed by atoms with Crippen LogP contribution in [0.1, 0.15) is 20.7 Å². The number of amides is 2. The van der Waals surface area contributed by atoms with E-state index in [2.05, 4.69) is 32.1 Å². The lowest BCUT2D eigenvalue weighted by molar-refractivity contribution is 0.0934. The molecule has 2 aromatic carbocycles. The molecule has 5 nitrogen and oxygen atoms in total.